The lowest BCUT2D eigenvalue weighted by atomic mass is 10.1. The summed E-state index contributed by atoms with van der Waals surface area (Å²) in [5, 5.41) is 9.32. The predicted octanol–water partition coefficient (Wildman–Crippen LogP) is 2.21. The molecule has 0 radical (unpaired) electrons. The smallest absolute Gasteiger partial charge is 0.253 e. The van der Waals surface area contributed by atoms with E-state index in [-0.39, 0.29) is 5.91 Å². The van der Waals surface area contributed by atoms with Crippen LogP contribution >= 0.6 is 11.6 Å². The fourth-order valence-electron chi connectivity index (χ4n) is 3.70. The zero-order valence-electron chi connectivity index (χ0n) is 16.2. The number of ether oxygens (including phenoxy) is 2. The van der Waals surface area contributed by atoms with Gasteiger partial charge in [0.2, 0.25) is 0 Å². The molecular formula is C20H27ClN4O3. The molecule has 1 N–H and O–H groups in total. The highest BCUT2D eigenvalue weighted by Crippen LogP contribution is 2.32. The number of halogens is 1. The lowest BCUT2D eigenvalue weighted by Gasteiger charge is -2.30. The van der Waals surface area contributed by atoms with E-state index in [4.69, 9.17) is 21.1 Å². The van der Waals surface area contributed by atoms with Crippen molar-refractivity contribution in [2.24, 2.45) is 0 Å². The van der Waals surface area contributed by atoms with Crippen LogP contribution in [0.5, 0.6) is 0 Å². The maximum Gasteiger partial charge on any atom is 0.253 e. The van der Waals surface area contributed by atoms with Gasteiger partial charge in [-0.05, 0) is 37.0 Å². The molecule has 0 spiro atoms. The van der Waals surface area contributed by atoms with Crippen molar-refractivity contribution in [1.29, 1.82) is 0 Å². The van der Waals surface area contributed by atoms with Crippen molar-refractivity contribution in [1.82, 2.24) is 20.0 Å². The van der Waals surface area contributed by atoms with Crippen LogP contribution in [0.25, 0.3) is 10.9 Å². The number of benzene rings is 1. The first-order chi connectivity index (χ1) is 13.7. The fourth-order valence-corrected chi connectivity index (χ4v) is 3.98. The summed E-state index contributed by atoms with van der Waals surface area (Å²) in [6, 6.07) is 4.36. The summed E-state index contributed by atoms with van der Waals surface area (Å²) in [5.41, 5.74) is 2.02. The summed E-state index contributed by atoms with van der Waals surface area (Å²) in [6.07, 6.45) is 4.40. The Labute approximate surface area is 169 Å². The largest absolute Gasteiger partial charge is 0.385 e. The number of amides is 1. The van der Waals surface area contributed by atoms with Crippen LogP contribution in [0.2, 0.25) is 5.02 Å². The number of nitrogens with one attached hydrogen (secondary N) is 1. The molecule has 1 aromatic carbocycles. The molecule has 4 rings (SSSR count). The van der Waals surface area contributed by atoms with Gasteiger partial charge in [-0.25, -0.2) is 0 Å². The van der Waals surface area contributed by atoms with E-state index in [1.807, 2.05) is 15.6 Å². The van der Waals surface area contributed by atoms with E-state index in [1.54, 1.807) is 13.3 Å². The first-order valence-electron chi connectivity index (χ1n) is 9.93. The molecule has 2 fully saturated rings. The molecule has 1 aliphatic heterocycles. The Balaban J connectivity index is 1.55. The number of hydrogen-bond donors (Lipinski definition) is 1. The maximum atomic E-state index is 13.0. The zero-order chi connectivity index (χ0) is 19.5. The van der Waals surface area contributed by atoms with E-state index in [0.29, 0.717) is 37.4 Å². The molecule has 0 bridgehead atoms. The number of morpholine rings is 1. The van der Waals surface area contributed by atoms with Crippen LogP contribution in [0, 0.1) is 0 Å². The average Bonchev–Trinajstić information content (AvgIpc) is 3.47. The summed E-state index contributed by atoms with van der Waals surface area (Å²) < 4.78 is 12.8. The summed E-state index contributed by atoms with van der Waals surface area (Å²) in [6.45, 7) is 3.95. The van der Waals surface area contributed by atoms with E-state index in [2.05, 4.69) is 16.5 Å². The minimum atomic E-state index is -0.395. The second-order valence-electron chi connectivity index (χ2n) is 7.49. The first kappa shape index (κ1) is 19.6. The van der Waals surface area contributed by atoms with Gasteiger partial charge in [0.25, 0.3) is 5.91 Å². The number of hydrogen-bond acceptors (Lipinski definition) is 5. The standard InChI is InChI=1S/C20H27ClN4O3/c1-27-7-2-6-25-18-10-14(9-17(21)16(18)11-23-25)13-24(15-3-4-15)20(26)19-12-22-5-8-28-19/h9-11,15,19,22H,2-8,12-13H2,1H3. The predicted molar refractivity (Wildman–Crippen MR) is 107 cm³/mol. The Hall–Kier alpha value is -1.67. The van der Waals surface area contributed by atoms with Crippen LogP contribution in [-0.4, -0.2) is 66.1 Å². The van der Waals surface area contributed by atoms with Crippen LogP contribution in [0.1, 0.15) is 24.8 Å². The molecular weight excluding hydrogens is 380 g/mol. The minimum absolute atomic E-state index is 0.0690. The molecule has 1 amide bonds. The monoisotopic (exact) mass is 406 g/mol. The van der Waals surface area contributed by atoms with Gasteiger partial charge in [-0.3, -0.25) is 9.48 Å². The molecule has 1 saturated carbocycles. The third-order valence-electron chi connectivity index (χ3n) is 5.32. The van der Waals surface area contributed by atoms with Gasteiger partial charge in [0, 0.05) is 51.3 Å². The number of carbonyl (C=O) groups is 1. The molecule has 1 aromatic heterocycles. The number of nitrogens with zero attached hydrogens (tertiary/aromatic N) is 3. The number of carbonyl (C=O) groups excluding carboxylic acids is 1. The molecule has 2 aliphatic rings. The van der Waals surface area contributed by atoms with Crippen molar-refractivity contribution in [3.05, 3.63) is 28.9 Å². The lowest BCUT2D eigenvalue weighted by molar-refractivity contribution is -0.146. The Morgan fingerprint density at radius 1 is 1.46 bits per heavy atom. The number of methoxy groups -OCH3 is 1. The van der Waals surface area contributed by atoms with Crippen LogP contribution < -0.4 is 5.32 Å². The van der Waals surface area contributed by atoms with Gasteiger partial charge in [0.1, 0.15) is 6.10 Å². The van der Waals surface area contributed by atoms with Crippen molar-refractivity contribution in [3.63, 3.8) is 0 Å². The van der Waals surface area contributed by atoms with E-state index < -0.39 is 6.10 Å². The second kappa shape index (κ2) is 8.78. The van der Waals surface area contributed by atoms with Crippen molar-refractivity contribution < 1.29 is 14.3 Å². The Bertz CT molecular complexity index is 830. The van der Waals surface area contributed by atoms with Gasteiger partial charge in [-0.2, -0.15) is 5.10 Å². The Morgan fingerprint density at radius 3 is 3.04 bits per heavy atom. The minimum Gasteiger partial charge on any atom is -0.385 e. The van der Waals surface area contributed by atoms with E-state index in [9.17, 15) is 4.79 Å². The summed E-state index contributed by atoms with van der Waals surface area (Å²) >= 11 is 6.53. The molecule has 1 unspecified atom stereocenters. The molecule has 2 aromatic rings. The SMILES string of the molecule is COCCCn1ncc2c(Cl)cc(CN(C(=O)C3CNCCO3)C3CC3)cc21. The highest BCUT2D eigenvalue weighted by atomic mass is 35.5. The number of rotatable bonds is 8. The van der Waals surface area contributed by atoms with Gasteiger partial charge in [-0.15, -0.1) is 0 Å². The summed E-state index contributed by atoms with van der Waals surface area (Å²) in [7, 11) is 1.70. The highest BCUT2D eigenvalue weighted by molar-refractivity contribution is 6.35. The highest BCUT2D eigenvalue weighted by Gasteiger charge is 2.37. The maximum absolute atomic E-state index is 13.0. The molecule has 2 heterocycles. The molecule has 152 valence electrons. The van der Waals surface area contributed by atoms with Gasteiger partial charge >= 0.3 is 0 Å². The lowest BCUT2D eigenvalue weighted by Crippen LogP contribution is -2.49. The third-order valence-corrected chi connectivity index (χ3v) is 5.63. The van der Waals surface area contributed by atoms with Gasteiger partial charge in [0.05, 0.1) is 23.3 Å². The molecule has 8 heteroatoms. The Kier molecular flexibility index (Phi) is 6.16. The van der Waals surface area contributed by atoms with Crippen LogP contribution in [0.15, 0.2) is 18.3 Å². The molecule has 28 heavy (non-hydrogen) atoms. The number of aryl methyl sites for hydroxylation is 1. The van der Waals surface area contributed by atoms with Gasteiger partial charge in [-0.1, -0.05) is 11.6 Å². The number of aromatic nitrogens is 2. The topological polar surface area (TPSA) is 68.6 Å². The van der Waals surface area contributed by atoms with Crippen molar-refractivity contribution in [2.75, 3.05) is 33.4 Å². The van der Waals surface area contributed by atoms with E-state index in [0.717, 1.165) is 48.8 Å². The van der Waals surface area contributed by atoms with Gasteiger partial charge < -0.3 is 19.7 Å². The normalized spacial score (nSPS) is 19.9. The van der Waals surface area contributed by atoms with Gasteiger partial charge in [0.15, 0.2) is 0 Å². The molecule has 1 atom stereocenters. The van der Waals surface area contributed by atoms with Crippen LogP contribution in [-0.2, 0) is 27.4 Å². The third kappa shape index (κ3) is 4.33. The van der Waals surface area contributed by atoms with E-state index >= 15 is 0 Å². The fraction of sp³-hybridized carbons (Fsp3) is 0.600. The molecule has 1 saturated heterocycles. The summed E-state index contributed by atoms with van der Waals surface area (Å²) in [5.74, 6) is 0.0690. The van der Waals surface area contributed by atoms with Crippen molar-refractivity contribution >= 4 is 28.4 Å². The van der Waals surface area contributed by atoms with E-state index in [1.165, 1.54) is 0 Å². The number of fused-ring (bicyclic) bond motifs is 1. The molecule has 7 nitrogen and oxygen atoms in total. The quantitative estimate of drug-likeness (QED) is 0.681. The molecule has 1 aliphatic carbocycles. The Morgan fingerprint density at radius 2 is 2.32 bits per heavy atom. The second-order valence-corrected chi connectivity index (χ2v) is 7.89. The van der Waals surface area contributed by atoms with Crippen molar-refractivity contribution in [2.45, 2.75) is 44.5 Å². The average molecular weight is 407 g/mol. The van der Waals surface area contributed by atoms with Crippen LogP contribution in [0.4, 0.5) is 0 Å². The zero-order valence-corrected chi connectivity index (χ0v) is 17.0. The summed E-state index contributed by atoms with van der Waals surface area (Å²) in [4.78, 5) is 15.0. The first-order valence-corrected chi connectivity index (χ1v) is 10.3. The van der Waals surface area contributed by atoms with Crippen molar-refractivity contribution in [3.8, 4) is 0 Å². The van der Waals surface area contributed by atoms with Crippen LogP contribution in [0.3, 0.4) is 0 Å².